The molecule has 7 heteroatoms. The highest BCUT2D eigenvalue weighted by atomic mass is 19.1. The van der Waals surface area contributed by atoms with E-state index < -0.39 is 5.72 Å². The summed E-state index contributed by atoms with van der Waals surface area (Å²) in [5.74, 6) is 1.28. The van der Waals surface area contributed by atoms with E-state index in [4.69, 9.17) is 14.6 Å². The average Bonchev–Trinajstić information content (AvgIpc) is 3.21. The number of rotatable bonds is 2. The van der Waals surface area contributed by atoms with Crippen LogP contribution in [0.25, 0.3) is 0 Å². The number of nitrogens with zero attached hydrogens (tertiary/aromatic N) is 3. The summed E-state index contributed by atoms with van der Waals surface area (Å²) in [7, 11) is 1.64. The Balaban J connectivity index is 1.57. The van der Waals surface area contributed by atoms with Crippen LogP contribution in [0.3, 0.4) is 0 Å². The number of carbonyl (C=O) groups excluding carboxylic acids is 1. The maximum Gasteiger partial charge on any atom is 0.219 e. The maximum absolute atomic E-state index is 13.4. The summed E-state index contributed by atoms with van der Waals surface area (Å²) < 4.78 is 25.6. The Kier molecular flexibility index (Phi) is 4.41. The number of hydrogen-bond acceptors (Lipinski definition) is 5. The Morgan fingerprint density at radius 1 is 1.20 bits per heavy atom. The molecule has 30 heavy (non-hydrogen) atoms. The van der Waals surface area contributed by atoms with Crippen molar-refractivity contribution < 1.29 is 18.7 Å². The van der Waals surface area contributed by atoms with Gasteiger partial charge in [-0.2, -0.15) is 5.10 Å². The smallest absolute Gasteiger partial charge is 0.219 e. The first-order chi connectivity index (χ1) is 14.5. The lowest BCUT2D eigenvalue weighted by molar-refractivity contribution is -0.159. The lowest BCUT2D eigenvalue weighted by Gasteiger charge is -2.51. The summed E-state index contributed by atoms with van der Waals surface area (Å²) in [6.45, 7) is 2.83. The molecular formula is C23H24FN3O3. The topological polar surface area (TPSA) is 54.4 Å². The normalized spacial score (nSPS) is 21.6. The summed E-state index contributed by atoms with van der Waals surface area (Å²) in [4.78, 5) is 13.7. The second-order valence-electron chi connectivity index (χ2n) is 8.05. The molecule has 0 aliphatic carbocycles. The molecule has 2 aromatic rings. The van der Waals surface area contributed by atoms with Gasteiger partial charge in [-0.05, 0) is 23.8 Å². The van der Waals surface area contributed by atoms with Gasteiger partial charge in [0.25, 0.3) is 0 Å². The zero-order valence-electron chi connectivity index (χ0n) is 17.1. The van der Waals surface area contributed by atoms with E-state index in [1.54, 1.807) is 26.2 Å². The van der Waals surface area contributed by atoms with Crippen LogP contribution in [0.15, 0.2) is 47.6 Å². The Labute approximate surface area is 174 Å². The SMILES string of the molecule is COc1cccc2c1OC1(CCN(C(C)=O)CC1)N1N=C(c3ccc(F)cc3)CC21. The van der Waals surface area contributed by atoms with Crippen LogP contribution in [0.1, 0.15) is 43.4 Å². The zero-order chi connectivity index (χ0) is 20.9. The van der Waals surface area contributed by atoms with Gasteiger partial charge < -0.3 is 14.4 Å². The van der Waals surface area contributed by atoms with Crippen molar-refractivity contribution in [2.75, 3.05) is 20.2 Å². The first kappa shape index (κ1) is 18.9. The van der Waals surface area contributed by atoms with Gasteiger partial charge in [0, 0.05) is 44.8 Å². The molecule has 0 radical (unpaired) electrons. The van der Waals surface area contributed by atoms with Gasteiger partial charge in [0.1, 0.15) is 5.82 Å². The fourth-order valence-corrected chi connectivity index (χ4v) is 4.75. The number of fused-ring (bicyclic) bond motifs is 4. The van der Waals surface area contributed by atoms with Gasteiger partial charge in [-0.3, -0.25) is 4.79 Å². The summed E-state index contributed by atoms with van der Waals surface area (Å²) in [6, 6.07) is 12.4. The van der Waals surface area contributed by atoms with E-state index in [1.165, 1.54) is 12.1 Å². The minimum Gasteiger partial charge on any atom is -0.493 e. The van der Waals surface area contributed by atoms with Gasteiger partial charge in [-0.1, -0.05) is 24.3 Å². The van der Waals surface area contributed by atoms with Crippen LogP contribution in [-0.2, 0) is 4.79 Å². The molecule has 1 atom stereocenters. The molecular weight excluding hydrogens is 385 g/mol. The number of hydrogen-bond donors (Lipinski definition) is 0. The molecule has 3 aliphatic rings. The number of para-hydroxylation sites is 1. The van der Waals surface area contributed by atoms with Crippen molar-refractivity contribution in [3.8, 4) is 11.5 Å². The Hall–Kier alpha value is -3.09. The molecule has 3 heterocycles. The lowest BCUT2D eigenvalue weighted by Crippen LogP contribution is -2.59. The second-order valence-corrected chi connectivity index (χ2v) is 8.05. The third kappa shape index (κ3) is 2.91. The average molecular weight is 409 g/mol. The van der Waals surface area contributed by atoms with Crippen LogP contribution in [0, 0.1) is 5.82 Å². The molecule has 1 unspecified atom stereocenters. The molecule has 2 aromatic carbocycles. The van der Waals surface area contributed by atoms with E-state index in [0.29, 0.717) is 38.1 Å². The second kappa shape index (κ2) is 7.00. The number of carbonyl (C=O) groups is 1. The predicted molar refractivity (Wildman–Crippen MR) is 110 cm³/mol. The number of likely N-dealkylation sites (tertiary alicyclic amines) is 1. The third-order valence-electron chi connectivity index (χ3n) is 6.38. The van der Waals surface area contributed by atoms with Gasteiger partial charge in [0.05, 0.1) is 18.9 Å². The molecule has 0 bridgehead atoms. The molecule has 0 saturated carbocycles. The fourth-order valence-electron chi connectivity index (χ4n) is 4.75. The van der Waals surface area contributed by atoms with Crippen LogP contribution >= 0.6 is 0 Å². The first-order valence-corrected chi connectivity index (χ1v) is 10.2. The lowest BCUT2D eigenvalue weighted by atomic mass is 9.90. The van der Waals surface area contributed by atoms with Gasteiger partial charge in [-0.25, -0.2) is 9.40 Å². The van der Waals surface area contributed by atoms with Gasteiger partial charge in [-0.15, -0.1) is 0 Å². The summed E-state index contributed by atoms with van der Waals surface area (Å²) in [5, 5.41) is 7.04. The molecule has 0 aromatic heterocycles. The van der Waals surface area contributed by atoms with Crippen molar-refractivity contribution in [3.05, 3.63) is 59.4 Å². The maximum atomic E-state index is 13.4. The molecule has 156 valence electrons. The minimum absolute atomic E-state index is 0.00720. The number of amides is 1. The van der Waals surface area contributed by atoms with Crippen molar-refractivity contribution in [2.24, 2.45) is 5.10 Å². The fraction of sp³-hybridized carbons (Fsp3) is 0.391. The number of methoxy groups -OCH3 is 1. The molecule has 1 fully saturated rings. The number of benzene rings is 2. The highest BCUT2D eigenvalue weighted by Crippen LogP contribution is 2.52. The van der Waals surface area contributed by atoms with E-state index in [1.807, 2.05) is 17.0 Å². The van der Waals surface area contributed by atoms with Gasteiger partial charge in [0.15, 0.2) is 11.5 Å². The predicted octanol–water partition coefficient (Wildman–Crippen LogP) is 3.72. The van der Waals surface area contributed by atoms with Crippen molar-refractivity contribution in [1.82, 2.24) is 9.91 Å². The van der Waals surface area contributed by atoms with Crippen molar-refractivity contribution >= 4 is 11.6 Å². The summed E-state index contributed by atoms with van der Waals surface area (Å²) in [5.41, 5.74) is 2.22. The number of hydrazone groups is 1. The molecule has 1 amide bonds. The van der Waals surface area contributed by atoms with Crippen molar-refractivity contribution in [1.29, 1.82) is 0 Å². The van der Waals surface area contributed by atoms with Crippen LogP contribution in [0.4, 0.5) is 4.39 Å². The molecule has 1 saturated heterocycles. The van der Waals surface area contributed by atoms with Crippen molar-refractivity contribution in [2.45, 2.75) is 38.0 Å². The highest BCUT2D eigenvalue weighted by Gasteiger charge is 2.52. The van der Waals surface area contributed by atoms with Crippen molar-refractivity contribution in [3.63, 3.8) is 0 Å². The number of halogens is 1. The number of ether oxygens (including phenoxy) is 2. The van der Waals surface area contributed by atoms with E-state index in [9.17, 15) is 9.18 Å². The Morgan fingerprint density at radius 3 is 2.60 bits per heavy atom. The Bertz CT molecular complexity index is 1010. The van der Waals surface area contributed by atoms with Crippen LogP contribution in [0.5, 0.6) is 11.5 Å². The zero-order valence-corrected chi connectivity index (χ0v) is 17.1. The number of piperidine rings is 1. The summed E-state index contributed by atoms with van der Waals surface area (Å²) >= 11 is 0. The Morgan fingerprint density at radius 2 is 1.93 bits per heavy atom. The van der Waals surface area contributed by atoms with E-state index >= 15 is 0 Å². The van der Waals surface area contributed by atoms with E-state index in [2.05, 4.69) is 11.1 Å². The van der Waals surface area contributed by atoms with Gasteiger partial charge in [0.2, 0.25) is 11.6 Å². The van der Waals surface area contributed by atoms with Crippen LogP contribution < -0.4 is 9.47 Å². The minimum atomic E-state index is -0.639. The van der Waals surface area contributed by atoms with Crippen LogP contribution in [-0.4, -0.2) is 47.5 Å². The van der Waals surface area contributed by atoms with E-state index in [0.717, 1.165) is 22.6 Å². The molecule has 3 aliphatic heterocycles. The first-order valence-electron chi connectivity index (χ1n) is 10.2. The van der Waals surface area contributed by atoms with Gasteiger partial charge >= 0.3 is 0 Å². The summed E-state index contributed by atoms with van der Waals surface area (Å²) in [6.07, 6.45) is 2.01. The monoisotopic (exact) mass is 409 g/mol. The largest absolute Gasteiger partial charge is 0.493 e. The molecule has 1 spiro atoms. The highest BCUT2D eigenvalue weighted by molar-refractivity contribution is 6.02. The van der Waals surface area contributed by atoms with E-state index in [-0.39, 0.29) is 17.8 Å². The quantitative estimate of drug-likeness (QED) is 0.759. The molecule has 0 N–H and O–H groups in total. The molecule has 6 nitrogen and oxygen atoms in total. The third-order valence-corrected chi connectivity index (χ3v) is 6.38. The molecule has 5 rings (SSSR count). The standard InChI is InChI=1S/C23H24FN3O3/c1-15(28)26-12-10-23(11-13-26)27-20(18-4-3-5-21(29-2)22(18)30-23)14-19(25-27)16-6-8-17(24)9-7-16/h3-9,20H,10-14H2,1-2H3. The van der Waals surface area contributed by atoms with Crippen LogP contribution in [0.2, 0.25) is 0 Å².